The Balaban J connectivity index is 0.000000526. The minimum absolute atomic E-state index is 0.246. The van der Waals surface area contributed by atoms with Crippen LogP contribution in [0.5, 0.6) is 0 Å². The summed E-state index contributed by atoms with van der Waals surface area (Å²) in [6.07, 6.45) is 5.15. The Hall–Kier alpha value is -0.0800. The number of hydrogen-bond acceptors (Lipinski definition) is 2. The van der Waals surface area contributed by atoms with Crippen molar-refractivity contribution in [3.8, 4) is 0 Å². The second-order valence-electron chi connectivity index (χ2n) is 11.0. The molecule has 4 aliphatic rings. The lowest BCUT2D eigenvalue weighted by molar-refractivity contribution is -0.312. The lowest BCUT2D eigenvalue weighted by atomic mass is 9.62. The molecule has 0 amide bonds. The molecule has 1 unspecified atom stereocenters. The van der Waals surface area contributed by atoms with E-state index >= 15 is 0 Å². The van der Waals surface area contributed by atoms with E-state index < -0.39 is 0 Å². The van der Waals surface area contributed by atoms with Crippen LogP contribution >= 0.6 is 0 Å². The van der Waals surface area contributed by atoms with Gasteiger partial charge in [-0.25, -0.2) is 0 Å². The van der Waals surface area contributed by atoms with Crippen LogP contribution in [0.1, 0.15) is 88.0 Å². The van der Waals surface area contributed by atoms with E-state index in [2.05, 4.69) is 62.3 Å². The molecule has 4 rings (SSSR count). The summed E-state index contributed by atoms with van der Waals surface area (Å²) < 4.78 is 13.1. The molecule has 0 N–H and O–H groups in total. The molecule has 1 spiro atoms. The summed E-state index contributed by atoms with van der Waals surface area (Å²) >= 11 is 0. The highest BCUT2D eigenvalue weighted by Crippen LogP contribution is 2.77. The molecule has 0 aromatic heterocycles. The van der Waals surface area contributed by atoms with Crippen molar-refractivity contribution in [1.82, 2.24) is 0 Å². The van der Waals surface area contributed by atoms with Crippen molar-refractivity contribution in [1.29, 1.82) is 0 Å². The largest absolute Gasteiger partial charge is 0.349 e. The van der Waals surface area contributed by atoms with Gasteiger partial charge in [-0.15, -0.1) is 0 Å². The molecule has 24 heavy (non-hydrogen) atoms. The quantitative estimate of drug-likeness (QED) is 0.536. The molecule has 2 aliphatic carbocycles. The lowest BCUT2D eigenvalue weighted by Gasteiger charge is -2.50. The smallest absolute Gasteiger partial charge is 0.174 e. The minimum Gasteiger partial charge on any atom is -0.349 e. The fourth-order valence-corrected chi connectivity index (χ4v) is 6.27. The molecule has 6 atom stereocenters. The topological polar surface area (TPSA) is 18.5 Å². The van der Waals surface area contributed by atoms with Crippen LogP contribution < -0.4 is 0 Å². The molecule has 2 heteroatoms. The van der Waals surface area contributed by atoms with Gasteiger partial charge in [-0.3, -0.25) is 0 Å². The Morgan fingerprint density at radius 3 is 2.00 bits per heavy atom. The number of rotatable bonds is 0. The fraction of sp³-hybridized carbons (Fsp3) is 1.00. The van der Waals surface area contributed by atoms with E-state index in [1.807, 2.05) is 0 Å². The first-order valence-corrected chi connectivity index (χ1v) is 10.2. The van der Waals surface area contributed by atoms with Crippen LogP contribution in [0.3, 0.4) is 0 Å². The van der Waals surface area contributed by atoms with Crippen molar-refractivity contribution in [2.45, 2.75) is 99.9 Å². The Bertz CT molecular complexity index is 506. The SMILES string of the molecule is CCC.C[C@@H]1C[C@]2(OC[C@@]3(C)C[C@]32C)O[C@H]2CC(C)(C)C(C)(C)C12. The van der Waals surface area contributed by atoms with E-state index in [1.165, 1.54) is 19.3 Å². The molecule has 0 bridgehead atoms. The number of hydrogen-bond donors (Lipinski definition) is 0. The van der Waals surface area contributed by atoms with E-state index in [9.17, 15) is 0 Å². The second-order valence-corrected chi connectivity index (χ2v) is 11.0. The monoisotopic (exact) mass is 336 g/mol. The Morgan fingerprint density at radius 2 is 1.54 bits per heavy atom. The fourth-order valence-electron chi connectivity index (χ4n) is 6.27. The van der Waals surface area contributed by atoms with Gasteiger partial charge in [0, 0.05) is 17.3 Å². The first kappa shape index (κ1) is 18.7. The molecule has 2 aliphatic heterocycles. The maximum atomic E-state index is 6.80. The van der Waals surface area contributed by atoms with Gasteiger partial charge < -0.3 is 9.47 Å². The van der Waals surface area contributed by atoms with Crippen LogP contribution in [-0.2, 0) is 9.47 Å². The summed E-state index contributed by atoms with van der Waals surface area (Å²) in [4.78, 5) is 0. The molecule has 2 nitrogen and oxygen atoms in total. The zero-order chi connectivity index (χ0) is 18.2. The van der Waals surface area contributed by atoms with Crippen LogP contribution in [0.25, 0.3) is 0 Å². The molecule has 140 valence electrons. The summed E-state index contributed by atoms with van der Waals surface area (Å²) in [5, 5.41) is 0. The Labute approximate surface area is 150 Å². The number of fused-ring (bicyclic) bond motifs is 3. The Kier molecular flexibility index (Phi) is 4.07. The molecule has 4 fully saturated rings. The molecule has 0 aromatic carbocycles. The van der Waals surface area contributed by atoms with Gasteiger partial charge in [-0.05, 0) is 35.5 Å². The van der Waals surface area contributed by atoms with Crippen molar-refractivity contribution in [3.63, 3.8) is 0 Å². The molecular weight excluding hydrogens is 296 g/mol. The zero-order valence-corrected chi connectivity index (χ0v) is 17.6. The molecule has 0 aromatic rings. The van der Waals surface area contributed by atoms with Gasteiger partial charge in [0.05, 0.1) is 12.7 Å². The van der Waals surface area contributed by atoms with E-state index in [1.54, 1.807) is 0 Å². The van der Waals surface area contributed by atoms with Gasteiger partial charge in [0.25, 0.3) is 0 Å². The average Bonchev–Trinajstić information content (AvgIpc) is 2.86. The first-order valence-electron chi connectivity index (χ1n) is 10.2. The van der Waals surface area contributed by atoms with Crippen LogP contribution in [-0.4, -0.2) is 18.5 Å². The van der Waals surface area contributed by atoms with E-state index in [0.29, 0.717) is 34.2 Å². The minimum atomic E-state index is -0.293. The predicted octanol–water partition coefficient (Wildman–Crippen LogP) is 6.04. The van der Waals surface area contributed by atoms with Gasteiger partial charge >= 0.3 is 0 Å². The van der Waals surface area contributed by atoms with Crippen molar-refractivity contribution < 1.29 is 9.47 Å². The first-order chi connectivity index (χ1) is 10.9. The summed E-state index contributed by atoms with van der Waals surface area (Å²) in [6, 6.07) is 0. The van der Waals surface area contributed by atoms with Crippen LogP contribution in [0, 0.1) is 33.5 Å². The zero-order valence-electron chi connectivity index (χ0n) is 17.6. The highest BCUT2D eigenvalue weighted by molar-refractivity contribution is 5.23. The highest BCUT2D eigenvalue weighted by atomic mass is 16.7. The predicted molar refractivity (Wildman–Crippen MR) is 99.8 cm³/mol. The third-order valence-corrected chi connectivity index (χ3v) is 8.65. The molecule has 2 heterocycles. The average molecular weight is 337 g/mol. The number of ether oxygens (including phenoxy) is 2. The maximum Gasteiger partial charge on any atom is 0.174 e. The lowest BCUT2D eigenvalue weighted by Crippen LogP contribution is -2.53. The van der Waals surface area contributed by atoms with Gasteiger partial charge in [0.1, 0.15) is 0 Å². The van der Waals surface area contributed by atoms with Gasteiger partial charge in [-0.1, -0.05) is 68.7 Å². The standard InChI is InChI=1S/C19H32O2.C3H8/c1-12-8-19(18(7)10-17(18,6)11-20-19)21-13-9-15(2,3)16(4,5)14(12)13;1-3-2/h12-14H,8-11H2,1-7H3;3H2,1-2H3/t12-,13+,14?,17-,18-,19+;/m1./s1. The second kappa shape index (κ2) is 5.22. The third kappa shape index (κ3) is 2.14. The molecule has 0 radical (unpaired) electrons. The summed E-state index contributed by atoms with van der Waals surface area (Å²) in [6.45, 7) is 22.1. The van der Waals surface area contributed by atoms with Gasteiger partial charge in [-0.2, -0.15) is 0 Å². The van der Waals surface area contributed by atoms with Crippen LogP contribution in [0.4, 0.5) is 0 Å². The highest BCUT2D eigenvalue weighted by Gasteiger charge is 2.79. The third-order valence-electron chi connectivity index (χ3n) is 8.65. The van der Waals surface area contributed by atoms with Crippen LogP contribution in [0.2, 0.25) is 0 Å². The maximum absolute atomic E-state index is 6.80. The molecule has 2 saturated carbocycles. The van der Waals surface area contributed by atoms with E-state index in [-0.39, 0.29) is 11.2 Å². The van der Waals surface area contributed by atoms with Crippen molar-refractivity contribution in [3.05, 3.63) is 0 Å². The normalized spacial score (nSPS) is 53.1. The van der Waals surface area contributed by atoms with Crippen molar-refractivity contribution in [2.75, 3.05) is 6.61 Å². The summed E-state index contributed by atoms with van der Waals surface area (Å²) in [5.41, 5.74) is 1.29. The van der Waals surface area contributed by atoms with Crippen molar-refractivity contribution >= 4 is 0 Å². The van der Waals surface area contributed by atoms with Crippen molar-refractivity contribution in [2.24, 2.45) is 33.5 Å². The summed E-state index contributed by atoms with van der Waals surface area (Å²) in [7, 11) is 0. The molecule has 2 saturated heterocycles. The molecular formula is C22H40O2. The Morgan fingerprint density at radius 1 is 0.958 bits per heavy atom. The van der Waals surface area contributed by atoms with Gasteiger partial charge in [0.15, 0.2) is 5.79 Å². The van der Waals surface area contributed by atoms with Crippen LogP contribution in [0.15, 0.2) is 0 Å². The van der Waals surface area contributed by atoms with E-state index in [4.69, 9.17) is 9.47 Å². The van der Waals surface area contributed by atoms with Gasteiger partial charge in [0.2, 0.25) is 0 Å². The summed E-state index contributed by atoms with van der Waals surface area (Å²) in [5.74, 6) is 1.05. The van der Waals surface area contributed by atoms with E-state index in [0.717, 1.165) is 13.0 Å².